The standard InChI is InChI=1S/C12H12ClNO5S/c1-20(18,19)6-2-3-9(13)10(4-6)14-11(15)7-5-8(7)12(16)17/h2-4,7-8H,5H2,1H3,(H,14,15)(H,16,17)/t7-,8+/m1/s1. The van der Waals surface area contributed by atoms with E-state index < -0.39 is 33.5 Å². The molecule has 2 atom stereocenters. The first-order valence-electron chi connectivity index (χ1n) is 5.73. The topological polar surface area (TPSA) is 101 Å². The molecule has 0 heterocycles. The van der Waals surface area contributed by atoms with Crippen LogP contribution in [0, 0.1) is 11.8 Å². The summed E-state index contributed by atoms with van der Waals surface area (Å²) in [6.07, 6.45) is 1.33. The fourth-order valence-corrected chi connectivity index (χ4v) is 2.63. The molecule has 0 radical (unpaired) electrons. The summed E-state index contributed by atoms with van der Waals surface area (Å²) in [7, 11) is -3.41. The molecule has 1 aliphatic carbocycles. The van der Waals surface area contributed by atoms with Gasteiger partial charge in [0.25, 0.3) is 0 Å². The van der Waals surface area contributed by atoms with Gasteiger partial charge in [0.15, 0.2) is 9.84 Å². The van der Waals surface area contributed by atoms with Gasteiger partial charge in [0.05, 0.1) is 27.4 Å². The quantitative estimate of drug-likeness (QED) is 0.874. The maximum Gasteiger partial charge on any atom is 0.307 e. The average Bonchev–Trinajstić information content (AvgIpc) is 3.10. The van der Waals surface area contributed by atoms with Gasteiger partial charge < -0.3 is 10.4 Å². The Morgan fingerprint density at radius 1 is 1.35 bits per heavy atom. The third kappa shape index (κ3) is 3.10. The Morgan fingerprint density at radius 3 is 2.50 bits per heavy atom. The molecule has 8 heteroatoms. The number of benzene rings is 1. The van der Waals surface area contributed by atoms with Crippen LogP contribution in [0.15, 0.2) is 23.1 Å². The van der Waals surface area contributed by atoms with Gasteiger partial charge >= 0.3 is 5.97 Å². The van der Waals surface area contributed by atoms with Crippen molar-refractivity contribution in [3.63, 3.8) is 0 Å². The van der Waals surface area contributed by atoms with Crippen LogP contribution in [0.2, 0.25) is 5.02 Å². The molecule has 1 aliphatic rings. The van der Waals surface area contributed by atoms with E-state index in [0.717, 1.165) is 6.26 Å². The second kappa shape index (κ2) is 5.06. The van der Waals surface area contributed by atoms with E-state index in [-0.39, 0.29) is 22.0 Å². The van der Waals surface area contributed by atoms with Crippen molar-refractivity contribution in [1.29, 1.82) is 0 Å². The second-order valence-corrected chi connectivity index (χ2v) is 7.11. The fraction of sp³-hybridized carbons (Fsp3) is 0.333. The number of carbonyl (C=O) groups is 2. The minimum atomic E-state index is -3.41. The Labute approximate surface area is 120 Å². The number of anilines is 1. The molecule has 2 N–H and O–H groups in total. The molecule has 108 valence electrons. The number of carbonyl (C=O) groups excluding carboxylic acids is 1. The van der Waals surface area contributed by atoms with Crippen LogP contribution in [-0.4, -0.2) is 31.7 Å². The van der Waals surface area contributed by atoms with Crippen molar-refractivity contribution in [3.8, 4) is 0 Å². The zero-order valence-electron chi connectivity index (χ0n) is 10.5. The average molecular weight is 318 g/mol. The van der Waals surface area contributed by atoms with E-state index in [9.17, 15) is 18.0 Å². The van der Waals surface area contributed by atoms with Crippen LogP contribution >= 0.6 is 11.6 Å². The van der Waals surface area contributed by atoms with Crippen LogP contribution < -0.4 is 5.32 Å². The Balaban J connectivity index is 2.18. The van der Waals surface area contributed by atoms with Crippen LogP contribution in [0.5, 0.6) is 0 Å². The Hall–Kier alpha value is -1.60. The molecule has 1 aromatic rings. The number of aliphatic carboxylic acids is 1. The monoisotopic (exact) mass is 317 g/mol. The van der Waals surface area contributed by atoms with Crippen molar-refractivity contribution in [2.75, 3.05) is 11.6 Å². The molecule has 1 aromatic carbocycles. The van der Waals surface area contributed by atoms with Crippen molar-refractivity contribution in [2.24, 2.45) is 11.8 Å². The van der Waals surface area contributed by atoms with Crippen LogP contribution in [0.1, 0.15) is 6.42 Å². The molecule has 0 spiro atoms. The molecule has 20 heavy (non-hydrogen) atoms. The lowest BCUT2D eigenvalue weighted by molar-refractivity contribution is -0.139. The van der Waals surface area contributed by atoms with E-state index in [2.05, 4.69) is 5.32 Å². The van der Waals surface area contributed by atoms with E-state index in [1.165, 1.54) is 18.2 Å². The van der Waals surface area contributed by atoms with Gasteiger partial charge in [-0.15, -0.1) is 0 Å². The van der Waals surface area contributed by atoms with Crippen LogP contribution in [0.4, 0.5) is 5.69 Å². The van der Waals surface area contributed by atoms with E-state index in [1.54, 1.807) is 0 Å². The maximum absolute atomic E-state index is 11.8. The molecule has 6 nitrogen and oxygen atoms in total. The molecule has 2 rings (SSSR count). The number of sulfone groups is 1. The number of hydrogen-bond donors (Lipinski definition) is 2. The highest BCUT2D eigenvalue weighted by Gasteiger charge is 2.48. The van der Waals surface area contributed by atoms with Crippen molar-refractivity contribution >= 4 is 39.0 Å². The summed E-state index contributed by atoms with van der Waals surface area (Å²) >= 11 is 5.89. The first kappa shape index (κ1) is 14.8. The third-order valence-electron chi connectivity index (χ3n) is 3.07. The predicted octanol–water partition coefficient (Wildman–Crippen LogP) is 1.40. The minimum absolute atomic E-state index is 0.0304. The number of halogens is 1. The van der Waals surface area contributed by atoms with E-state index in [1.807, 2.05) is 0 Å². The van der Waals surface area contributed by atoms with Crippen LogP contribution in [-0.2, 0) is 19.4 Å². The number of hydrogen-bond acceptors (Lipinski definition) is 4. The highest BCUT2D eigenvalue weighted by molar-refractivity contribution is 7.90. The Kier molecular flexibility index (Phi) is 3.75. The Morgan fingerprint density at radius 2 is 2.00 bits per heavy atom. The lowest BCUT2D eigenvalue weighted by Crippen LogP contribution is -2.17. The normalized spacial score (nSPS) is 21.3. The van der Waals surface area contributed by atoms with Gasteiger partial charge in [0, 0.05) is 6.26 Å². The smallest absolute Gasteiger partial charge is 0.307 e. The summed E-state index contributed by atoms with van der Waals surface area (Å²) in [4.78, 5) is 22.5. The van der Waals surface area contributed by atoms with Gasteiger partial charge in [-0.05, 0) is 24.6 Å². The van der Waals surface area contributed by atoms with Gasteiger partial charge in [-0.2, -0.15) is 0 Å². The SMILES string of the molecule is CS(=O)(=O)c1ccc(Cl)c(NC(=O)[C@@H]2C[C@@H]2C(=O)O)c1. The number of amides is 1. The van der Waals surface area contributed by atoms with E-state index in [4.69, 9.17) is 16.7 Å². The summed E-state index contributed by atoms with van der Waals surface area (Å²) in [5.41, 5.74) is 0.163. The number of carboxylic acids is 1. The minimum Gasteiger partial charge on any atom is -0.481 e. The molecule has 0 bridgehead atoms. The summed E-state index contributed by atoms with van der Waals surface area (Å²) in [5.74, 6) is -2.75. The molecular weight excluding hydrogens is 306 g/mol. The lowest BCUT2D eigenvalue weighted by Gasteiger charge is -2.08. The highest BCUT2D eigenvalue weighted by Crippen LogP contribution is 2.40. The van der Waals surface area contributed by atoms with Crippen molar-refractivity contribution in [3.05, 3.63) is 23.2 Å². The molecule has 0 aromatic heterocycles. The molecule has 1 amide bonds. The first-order valence-corrected chi connectivity index (χ1v) is 8.00. The van der Waals surface area contributed by atoms with Gasteiger partial charge in [-0.25, -0.2) is 8.42 Å². The second-order valence-electron chi connectivity index (χ2n) is 4.69. The van der Waals surface area contributed by atoms with Gasteiger partial charge in [0.2, 0.25) is 5.91 Å². The van der Waals surface area contributed by atoms with Gasteiger partial charge in [-0.3, -0.25) is 9.59 Å². The Bertz CT molecular complexity index is 685. The summed E-state index contributed by atoms with van der Waals surface area (Å²) < 4.78 is 22.9. The molecular formula is C12H12ClNO5S. The number of nitrogens with one attached hydrogen (secondary N) is 1. The van der Waals surface area contributed by atoms with E-state index >= 15 is 0 Å². The number of rotatable bonds is 4. The number of carboxylic acid groups (broad SMARTS) is 1. The van der Waals surface area contributed by atoms with E-state index in [0.29, 0.717) is 0 Å². The zero-order valence-corrected chi connectivity index (χ0v) is 12.0. The van der Waals surface area contributed by atoms with Crippen molar-refractivity contribution in [2.45, 2.75) is 11.3 Å². The van der Waals surface area contributed by atoms with Gasteiger partial charge in [0.1, 0.15) is 0 Å². The summed E-state index contributed by atoms with van der Waals surface area (Å²) in [5, 5.41) is 11.4. The molecule has 0 aliphatic heterocycles. The third-order valence-corrected chi connectivity index (χ3v) is 4.51. The van der Waals surface area contributed by atoms with Crippen molar-refractivity contribution < 1.29 is 23.1 Å². The predicted molar refractivity (Wildman–Crippen MR) is 72.4 cm³/mol. The van der Waals surface area contributed by atoms with Crippen molar-refractivity contribution in [1.82, 2.24) is 0 Å². The lowest BCUT2D eigenvalue weighted by atomic mass is 10.2. The molecule has 1 saturated carbocycles. The fourth-order valence-electron chi connectivity index (χ4n) is 1.81. The zero-order chi connectivity index (χ0) is 15.1. The summed E-state index contributed by atoms with van der Waals surface area (Å²) in [6.45, 7) is 0. The molecule has 0 saturated heterocycles. The molecule has 0 unspecified atom stereocenters. The largest absolute Gasteiger partial charge is 0.481 e. The van der Waals surface area contributed by atoms with Crippen LogP contribution in [0.25, 0.3) is 0 Å². The first-order chi connectivity index (χ1) is 9.20. The van der Waals surface area contributed by atoms with Gasteiger partial charge in [-0.1, -0.05) is 11.6 Å². The highest BCUT2D eigenvalue weighted by atomic mass is 35.5. The molecule has 1 fully saturated rings. The maximum atomic E-state index is 11.8. The summed E-state index contributed by atoms with van der Waals surface area (Å²) in [6, 6.07) is 3.97. The van der Waals surface area contributed by atoms with Crippen LogP contribution in [0.3, 0.4) is 0 Å².